The van der Waals surface area contributed by atoms with E-state index in [0.29, 0.717) is 23.9 Å². The number of pyridine rings is 1. The van der Waals surface area contributed by atoms with Crippen molar-refractivity contribution in [2.24, 2.45) is 0 Å². The quantitative estimate of drug-likeness (QED) is 0.587. The van der Waals surface area contributed by atoms with Gasteiger partial charge in [0.15, 0.2) is 0 Å². The van der Waals surface area contributed by atoms with Crippen LogP contribution in [0, 0.1) is 0 Å². The summed E-state index contributed by atoms with van der Waals surface area (Å²) in [6, 6.07) is 3.54. The second-order valence-corrected chi connectivity index (χ2v) is 3.49. The van der Waals surface area contributed by atoms with Gasteiger partial charge in [0.1, 0.15) is 5.15 Å². The number of nitrogens with zero attached hydrogens (tertiary/aromatic N) is 2. The van der Waals surface area contributed by atoms with Crippen LogP contribution in [-0.2, 0) is 16.1 Å². The van der Waals surface area contributed by atoms with E-state index in [9.17, 15) is 4.79 Å². The Morgan fingerprint density at radius 1 is 1.56 bits per heavy atom. The number of rotatable bonds is 5. The first kappa shape index (κ1) is 12.9. The number of likely N-dealkylation sites (N-methyl/N-ethyl adjacent to an activating group) is 1. The smallest absolute Gasteiger partial charge is 0.250 e. The second-order valence-electron chi connectivity index (χ2n) is 3.14. The van der Waals surface area contributed by atoms with E-state index in [-0.39, 0.29) is 12.3 Å². The topological polar surface area (TPSA) is 42.4 Å². The van der Waals surface area contributed by atoms with Gasteiger partial charge in [-0.1, -0.05) is 17.7 Å². The molecule has 4 nitrogen and oxygen atoms in total. The van der Waals surface area contributed by atoms with E-state index in [1.54, 1.807) is 18.3 Å². The Bertz CT molecular complexity index is 358. The summed E-state index contributed by atoms with van der Waals surface area (Å²) in [6.07, 6.45) is 1.80. The molecule has 1 aromatic rings. The Kier molecular flexibility index (Phi) is 5.22. The summed E-state index contributed by atoms with van der Waals surface area (Å²) in [6.45, 7) is 4.69. The highest BCUT2D eigenvalue weighted by atomic mass is 35.5. The van der Waals surface area contributed by atoms with Crippen molar-refractivity contribution in [1.82, 2.24) is 10.0 Å². The SMILES string of the molecule is CCON(CC)C(=O)Cc1cccnc1Cl. The number of carbonyl (C=O) groups is 1. The molecular weight excluding hydrogens is 228 g/mol. The number of hydrogen-bond acceptors (Lipinski definition) is 3. The van der Waals surface area contributed by atoms with Gasteiger partial charge in [0.2, 0.25) is 0 Å². The summed E-state index contributed by atoms with van der Waals surface area (Å²) in [4.78, 5) is 20.9. The standard InChI is InChI=1S/C11H15ClN2O2/c1-3-14(16-4-2)10(15)8-9-6-5-7-13-11(9)12/h5-7H,3-4,8H2,1-2H3. The van der Waals surface area contributed by atoms with Gasteiger partial charge < -0.3 is 0 Å². The first-order chi connectivity index (χ1) is 7.69. The van der Waals surface area contributed by atoms with Crippen LogP contribution in [0.2, 0.25) is 5.15 Å². The third-order valence-electron chi connectivity index (χ3n) is 2.03. The molecule has 0 atom stereocenters. The highest BCUT2D eigenvalue weighted by Crippen LogP contribution is 2.13. The Balaban J connectivity index is 2.66. The molecule has 0 fully saturated rings. The first-order valence-corrected chi connectivity index (χ1v) is 5.59. The zero-order valence-corrected chi connectivity index (χ0v) is 10.2. The van der Waals surface area contributed by atoms with E-state index in [0.717, 1.165) is 0 Å². The third kappa shape index (κ3) is 3.47. The van der Waals surface area contributed by atoms with Gasteiger partial charge in [-0.25, -0.2) is 10.0 Å². The van der Waals surface area contributed by atoms with Gasteiger partial charge in [-0.2, -0.15) is 0 Å². The third-order valence-corrected chi connectivity index (χ3v) is 2.37. The minimum Gasteiger partial charge on any atom is -0.272 e. The molecule has 16 heavy (non-hydrogen) atoms. The molecule has 1 heterocycles. The summed E-state index contributed by atoms with van der Waals surface area (Å²) in [5, 5.41) is 1.70. The largest absolute Gasteiger partial charge is 0.272 e. The second kappa shape index (κ2) is 6.45. The molecule has 5 heteroatoms. The van der Waals surface area contributed by atoms with Crippen molar-refractivity contribution in [3.8, 4) is 0 Å². The highest BCUT2D eigenvalue weighted by Gasteiger charge is 2.14. The van der Waals surface area contributed by atoms with E-state index < -0.39 is 0 Å². The number of amides is 1. The van der Waals surface area contributed by atoms with Crippen LogP contribution in [0.15, 0.2) is 18.3 Å². The van der Waals surface area contributed by atoms with Crippen LogP contribution in [0.1, 0.15) is 19.4 Å². The Morgan fingerprint density at radius 3 is 2.88 bits per heavy atom. The molecule has 0 aliphatic rings. The molecule has 0 aliphatic carbocycles. The van der Waals surface area contributed by atoms with Gasteiger partial charge in [-0.3, -0.25) is 9.63 Å². The van der Waals surface area contributed by atoms with Gasteiger partial charge in [0.25, 0.3) is 5.91 Å². The summed E-state index contributed by atoms with van der Waals surface area (Å²) in [5.74, 6) is -0.112. The van der Waals surface area contributed by atoms with Crippen molar-refractivity contribution in [2.75, 3.05) is 13.2 Å². The average molecular weight is 243 g/mol. The molecule has 1 amide bonds. The number of hydroxylamine groups is 2. The maximum absolute atomic E-state index is 11.8. The highest BCUT2D eigenvalue weighted by molar-refractivity contribution is 6.30. The lowest BCUT2D eigenvalue weighted by Crippen LogP contribution is -2.32. The molecule has 0 aliphatic heterocycles. The fraction of sp³-hybridized carbons (Fsp3) is 0.455. The summed E-state index contributed by atoms with van der Waals surface area (Å²) < 4.78 is 0. The molecular formula is C11H15ClN2O2. The van der Waals surface area contributed by atoms with Crippen molar-refractivity contribution >= 4 is 17.5 Å². The zero-order chi connectivity index (χ0) is 12.0. The molecule has 0 radical (unpaired) electrons. The van der Waals surface area contributed by atoms with Crippen LogP contribution < -0.4 is 0 Å². The summed E-state index contributed by atoms with van der Waals surface area (Å²) in [5.41, 5.74) is 0.715. The van der Waals surface area contributed by atoms with Gasteiger partial charge in [-0.15, -0.1) is 0 Å². The fourth-order valence-corrected chi connectivity index (χ4v) is 1.48. The zero-order valence-electron chi connectivity index (χ0n) is 9.44. The fourth-order valence-electron chi connectivity index (χ4n) is 1.30. The monoisotopic (exact) mass is 242 g/mol. The molecule has 0 spiro atoms. The van der Waals surface area contributed by atoms with Gasteiger partial charge in [0.05, 0.1) is 13.0 Å². The van der Waals surface area contributed by atoms with Gasteiger partial charge >= 0.3 is 0 Å². The van der Waals surface area contributed by atoms with Crippen LogP contribution in [0.25, 0.3) is 0 Å². The Hall–Kier alpha value is -1.13. The lowest BCUT2D eigenvalue weighted by molar-refractivity contribution is -0.182. The van der Waals surface area contributed by atoms with Gasteiger partial charge in [0, 0.05) is 12.7 Å². The van der Waals surface area contributed by atoms with Crippen LogP contribution in [0.4, 0.5) is 0 Å². The number of aromatic nitrogens is 1. The summed E-state index contributed by atoms with van der Waals surface area (Å²) >= 11 is 5.87. The lowest BCUT2D eigenvalue weighted by atomic mass is 10.2. The predicted octanol–water partition coefficient (Wildman–Crippen LogP) is 2.08. The molecule has 0 saturated heterocycles. The van der Waals surface area contributed by atoms with E-state index in [2.05, 4.69) is 4.98 Å². The minimum atomic E-state index is -0.112. The van der Waals surface area contributed by atoms with Crippen molar-refractivity contribution in [2.45, 2.75) is 20.3 Å². The molecule has 0 unspecified atom stereocenters. The molecule has 1 aromatic heterocycles. The normalized spacial score (nSPS) is 10.2. The van der Waals surface area contributed by atoms with Gasteiger partial charge in [-0.05, 0) is 25.5 Å². The number of carbonyl (C=O) groups excluding carboxylic acids is 1. The maximum Gasteiger partial charge on any atom is 0.250 e. The maximum atomic E-state index is 11.8. The average Bonchev–Trinajstić information content (AvgIpc) is 2.29. The summed E-state index contributed by atoms with van der Waals surface area (Å²) in [7, 11) is 0. The van der Waals surface area contributed by atoms with Crippen molar-refractivity contribution in [3.63, 3.8) is 0 Å². The van der Waals surface area contributed by atoms with E-state index >= 15 is 0 Å². The molecule has 0 bridgehead atoms. The van der Waals surface area contributed by atoms with Crippen LogP contribution in [-0.4, -0.2) is 29.1 Å². The number of hydrogen-bond donors (Lipinski definition) is 0. The van der Waals surface area contributed by atoms with Crippen molar-refractivity contribution in [1.29, 1.82) is 0 Å². The Labute approximate surface area is 100 Å². The van der Waals surface area contributed by atoms with Crippen LogP contribution in [0.5, 0.6) is 0 Å². The number of halogens is 1. The molecule has 0 saturated carbocycles. The van der Waals surface area contributed by atoms with Crippen molar-refractivity contribution in [3.05, 3.63) is 29.0 Å². The van der Waals surface area contributed by atoms with Crippen LogP contribution >= 0.6 is 11.6 Å². The van der Waals surface area contributed by atoms with E-state index in [1.165, 1.54) is 5.06 Å². The molecule has 0 N–H and O–H groups in total. The minimum absolute atomic E-state index is 0.112. The first-order valence-electron chi connectivity index (χ1n) is 5.21. The van der Waals surface area contributed by atoms with E-state index in [4.69, 9.17) is 16.4 Å². The van der Waals surface area contributed by atoms with Crippen molar-refractivity contribution < 1.29 is 9.63 Å². The molecule has 1 rings (SSSR count). The predicted molar refractivity (Wildman–Crippen MR) is 62.0 cm³/mol. The van der Waals surface area contributed by atoms with E-state index in [1.807, 2.05) is 13.8 Å². The molecule has 88 valence electrons. The lowest BCUT2D eigenvalue weighted by Gasteiger charge is -2.19. The molecule has 0 aromatic carbocycles. The Morgan fingerprint density at radius 2 is 2.31 bits per heavy atom. The van der Waals surface area contributed by atoms with Crippen LogP contribution in [0.3, 0.4) is 0 Å².